The van der Waals surface area contributed by atoms with Gasteiger partial charge in [-0.05, 0) is 55.9 Å². The first-order valence-corrected chi connectivity index (χ1v) is 12.9. The zero-order valence-corrected chi connectivity index (χ0v) is 21.9. The summed E-state index contributed by atoms with van der Waals surface area (Å²) in [7, 11) is 1.55. The molecule has 8 heteroatoms. The first-order chi connectivity index (χ1) is 17.6. The summed E-state index contributed by atoms with van der Waals surface area (Å²) in [4.78, 5) is 43.2. The van der Waals surface area contributed by atoms with Gasteiger partial charge in [0, 0.05) is 12.7 Å². The van der Waals surface area contributed by atoms with Crippen molar-refractivity contribution in [2.24, 2.45) is 17.8 Å². The van der Waals surface area contributed by atoms with Crippen molar-refractivity contribution in [3.8, 4) is 0 Å². The number of carbonyl (C=O) groups excluding carboxylic acids is 3. The zero-order valence-electron chi connectivity index (χ0n) is 21.9. The molecular formula is C29H35N3O5. The molecule has 2 aromatic rings. The molecular weight excluding hydrogens is 470 g/mol. The van der Waals surface area contributed by atoms with Gasteiger partial charge in [0.15, 0.2) is 0 Å². The number of nitrogens with one attached hydrogen (secondary N) is 2. The molecule has 0 aromatic heterocycles. The summed E-state index contributed by atoms with van der Waals surface area (Å²) in [5.41, 5.74) is 1.19. The van der Waals surface area contributed by atoms with Crippen LogP contribution in [-0.2, 0) is 19.1 Å². The molecule has 3 N–H and O–H groups in total. The van der Waals surface area contributed by atoms with E-state index in [1.807, 2.05) is 76.2 Å². The summed E-state index contributed by atoms with van der Waals surface area (Å²) in [5.74, 6) is -2.63. The molecule has 3 saturated heterocycles. The quantitative estimate of drug-likeness (QED) is 0.560. The molecule has 5 rings (SSSR count). The fraction of sp³-hybridized carbons (Fsp3) is 0.483. The molecule has 196 valence electrons. The first kappa shape index (κ1) is 25.4. The van der Waals surface area contributed by atoms with Crippen LogP contribution >= 0.6 is 0 Å². The van der Waals surface area contributed by atoms with Crippen molar-refractivity contribution in [3.63, 3.8) is 0 Å². The maximum absolute atomic E-state index is 14.3. The van der Waals surface area contributed by atoms with E-state index in [4.69, 9.17) is 4.74 Å². The molecule has 1 spiro atoms. The monoisotopic (exact) mass is 505 g/mol. The third kappa shape index (κ3) is 3.61. The molecule has 3 heterocycles. The Hall–Kier alpha value is -3.23. The lowest BCUT2D eigenvalue weighted by atomic mass is 9.62. The summed E-state index contributed by atoms with van der Waals surface area (Å²) in [6.07, 6.45) is 0.460. The molecule has 0 aliphatic carbocycles. The largest absolute Gasteiger partial charge is 0.394 e. The average molecular weight is 506 g/mol. The Morgan fingerprint density at radius 3 is 2.51 bits per heavy atom. The van der Waals surface area contributed by atoms with Crippen molar-refractivity contribution < 1.29 is 24.2 Å². The van der Waals surface area contributed by atoms with E-state index in [2.05, 4.69) is 10.6 Å². The maximum atomic E-state index is 14.3. The molecule has 3 amide bonds. The highest BCUT2D eigenvalue weighted by Gasteiger charge is 2.80. The Bertz CT molecular complexity index is 1250. The minimum atomic E-state index is -1.19. The Morgan fingerprint density at radius 1 is 1.16 bits per heavy atom. The fourth-order valence-corrected chi connectivity index (χ4v) is 6.97. The van der Waals surface area contributed by atoms with Gasteiger partial charge in [0.1, 0.15) is 11.6 Å². The number of fused-ring (bicyclic) bond motifs is 1. The van der Waals surface area contributed by atoms with E-state index in [1.54, 1.807) is 7.05 Å². The SMILES string of the molecule is CNC(=O)[C@H]1[C@H]2C(=O)N([C@H](CO)c3ccccc3)C(C(=O)Nc3cc(C)ccc3C)C23CC(C)[C@]1(C)O3. The number of nitrogens with zero attached hydrogens (tertiary/aromatic N) is 1. The van der Waals surface area contributed by atoms with Crippen molar-refractivity contribution in [2.75, 3.05) is 19.0 Å². The molecule has 2 aromatic carbocycles. The van der Waals surface area contributed by atoms with Crippen molar-refractivity contribution in [1.29, 1.82) is 0 Å². The maximum Gasteiger partial charge on any atom is 0.250 e. The van der Waals surface area contributed by atoms with Gasteiger partial charge < -0.3 is 25.4 Å². The Balaban J connectivity index is 1.65. The fourth-order valence-electron chi connectivity index (χ4n) is 6.97. The third-order valence-electron chi connectivity index (χ3n) is 8.87. The predicted octanol–water partition coefficient (Wildman–Crippen LogP) is 2.73. The van der Waals surface area contributed by atoms with Crippen molar-refractivity contribution in [3.05, 3.63) is 65.2 Å². The number of carbonyl (C=O) groups is 3. The summed E-state index contributed by atoms with van der Waals surface area (Å²) >= 11 is 0. The van der Waals surface area contributed by atoms with Crippen LogP contribution in [0.1, 0.15) is 43.0 Å². The minimum absolute atomic E-state index is 0.0564. The molecule has 3 aliphatic heterocycles. The molecule has 3 fully saturated rings. The summed E-state index contributed by atoms with van der Waals surface area (Å²) < 4.78 is 6.71. The molecule has 8 nitrogen and oxygen atoms in total. The molecule has 7 atom stereocenters. The van der Waals surface area contributed by atoms with Crippen molar-refractivity contribution in [1.82, 2.24) is 10.2 Å². The second-order valence-corrected chi connectivity index (χ2v) is 11.0. The van der Waals surface area contributed by atoms with E-state index in [0.29, 0.717) is 17.7 Å². The Morgan fingerprint density at radius 2 is 1.86 bits per heavy atom. The standard InChI is InChI=1S/C29H35N3O5/c1-16-11-12-17(2)20(13-16)31-26(35)24-29-14-18(3)28(4,37-29)22(25(34)30-5)23(29)27(36)32(24)21(15-33)19-9-7-6-8-10-19/h6-13,18,21-24,33H,14-15H2,1-5H3,(H,30,34)(H,31,35)/t18?,21-,22-,23+,24?,28+,29?/m1/s1. The number of aryl methyl sites for hydroxylation is 2. The number of amides is 3. The molecule has 0 saturated carbocycles. The highest BCUT2D eigenvalue weighted by atomic mass is 16.5. The third-order valence-corrected chi connectivity index (χ3v) is 8.87. The number of benzene rings is 2. The molecule has 3 unspecified atom stereocenters. The van der Waals surface area contributed by atoms with Gasteiger partial charge in [-0.25, -0.2) is 0 Å². The predicted molar refractivity (Wildman–Crippen MR) is 138 cm³/mol. The number of ether oxygens (including phenoxy) is 1. The van der Waals surface area contributed by atoms with Gasteiger partial charge in [0.05, 0.1) is 30.1 Å². The van der Waals surface area contributed by atoms with Gasteiger partial charge in [0.25, 0.3) is 0 Å². The van der Waals surface area contributed by atoms with Crippen LogP contribution in [0, 0.1) is 31.6 Å². The number of aliphatic hydroxyl groups is 1. The van der Waals surface area contributed by atoms with E-state index in [-0.39, 0.29) is 30.2 Å². The van der Waals surface area contributed by atoms with Crippen LogP contribution in [0.25, 0.3) is 0 Å². The number of hydrogen-bond donors (Lipinski definition) is 3. The molecule has 0 radical (unpaired) electrons. The number of hydrogen-bond acceptors (Lipinski definition) is 5. The van der Waals surface area contributed by atoms with Crippen LogP contribution < -0.4 is 10.6 Å². The molecule has 37 heavy (non-hydrogen) atoms. The molecule has 2 bridgehead atoms. The van der Waals surface area contributed by atoms with Gasteiger partial charge >= 0.3 is 0 Å². The van der Waals surface area contributed by atoms with E-state index >= 15 is 0 Å². The van der Waals surface area contributed by atoms with Gasteiger partial charge in [0.2, 0.25) is 17.7 Å². The van der Waals surface area contributed by atoms with Gasteiger partial charge in [-0.3, -0.25) is 14.4 Å². The molecule has 3 aliphatic rings. The average Bonchev–Trinajstić information content (AvgIpc) is 3.39. The normalized spacial score (nSPS) is 32.8. The Kier molecular flexibility index (Phi) is 6.15. The number of aliphatic hydroxyl groups excluding tert-OH is 1. The lowest BCUT2D eigenvalue weighted by Crippen LogP contribution is -2.55. The summed E-state index contributed by atoms with van der Waals surface area (Å²) in [5, 5.41) is 16.3. The van der Waals surface area contributed by atoms with E-state index in [0.717, 1.165) is 11.1 Å². The zero-order chi connectivity index (χ0) is 26.7. The second kappa shape index (κ2) is 8.96. The number of rotatable bonds is 6. The van der Waals surface area contributed by atoms with Crippen LogP contribution in [0.15, 0.2) is 48.5 Å². The highest BCUT2D eigenvalue weighted by molar-refractivity contribution is 6.04. The van der Waals surface area contributed by atoms with Crippen molar-refractivity contribution in [2.45, 2.75) is 57.4 Å². The lowest BCUT2D eigenvalue weighted by Gasteiger charge is -2.37. The van der Waals surface area contributed by atoms with Crippen LogP contribution in [0.5, 0.6) is 0 Å². The number of anilines is 1. The van der Waals surface area contributed by atoms with Crippen molar-refractivity contribution >= 4 is 23.4 Å². The van der Waals surface area contributed by atoms with Crippen LogP contribution in [0.2, 0.25) is 0 Å². The summed E-state index contributed by atoms with van der Waals surface area (Å²) in [6.45, 7) is 7.38. The number of likely N-dealkylation sites (tertiary alicyclic amines) is 1. The smallest absolute Gasteiger partial charge is 0.250 e. The van der Waals surface area contributed by atoms with Crippen LogP contribution in [0.3, 0.4) is 0 Å². The van der Waals surface area contributed by atoms with Gasteiger partial charge in [-0.1, -0.05) is 49.4 Å². The van der Waals surface area contributed by atoms with Crippen LogP contribution in [-0.4, -0.2) is 58.6 Å². The second-order valence-electron chi connectivity index (χ2n) is 11.0. The van der Waals surface area contributed by atoms with Gasteiger partial charge in [-0.15, -0.1) is 0 Å². The van der Waals surface area contributed by atoms with E-state index in [9.17, 15) is 19.5 Å². The van der Waals surface area contributed by atoms with Gasteiger partial charge in [-0.2, -0.15) is 0 Å². The summed E-state index contributed by atoms with van der Waals surface area (Å²) in [6, 6.07) is 13.2. The van der Waals surface area contributed by atoms with E-state index in [1.165, 1.54) is 4.90 Å². The highest BCUT2D eigenvalue weighted by Crippen LogP contribution is 2.66. The van der Waals surface area contributed by atoms with E-state index < -0.39 is 35.1 Å². The first-order valence-electron chi connectivity index (χ1n) is 12.9. The minimum Gasteiger partial charge on any atom is -0.394 e. The Labute approximate surface area is 217 Å². The lowest BCUT2D eigenvalue weighted by molar-refractivity contribution is -0.149. The van der Waals surface area contributed by atoms with Crippen LogP contribution in [0.4, 0.5) is 5.69 Å². The topological polar surface area (TPSA) is 108 Å².